The molecule has 0 aromatic heterocycles. The number of carbonyl (C=O) groups excluding carboxylic acids is 2. The van der Waals surface area contributed by atoms with E-state index in [2.05, 4.69) is 11.9 Å². The Kier molecular flexibility index (Phi) is 3.80. The van der Waals surface area contributed by atoms with Gasteiger partial charge in [0.2, 0.25) is 11.8 Å². The van der Waals surface area contributed by atoms with E-state index in [1.165, 1.54) is 13.0 Å². The van der Waals surface area contributed by atoms with Crippen molar-refractivity contribution < 1.29 is 9.59 Å². The Balaban J connectivity index is 2.85. The third kappa shape index (κ3) is 3.06. The van der Waals surface area contributed by atoms with Gasteiger partial charge >= 0.3 is 0 Å². The average Bonchev–Trinajstić information content (AvgIpc) is 2.19. The standard InChI is InChI=1S/C12H13NO2/c1-3-11(12(15)13-9(2)14)10-7-5-4-6-8-10/h3-8,11H,1H2,2H3,(H,13,14,15). The normalized spacial score (nSPS) is 11.5. The van der Waals surface area contributed by atoms with Gasteiger partial charge in [0.25, 0.3) is 0 Å². The molecule has 1 unspecified atom stereocenters. The second-order valence-electron chi connectivity index (χ2n) is 3.17. The van der Waals surface area contributed by atoms with Gasteiger partial charge in [0.05, 0.1) is 5.92 Å². The molecule has 3 nitrogen and oxygen atoms in total. The quantitative estimate of drug-likeness (QED) is 0.759. The minimum absolute atomic E-state index is 0.344. The molecule has 0 bridgehead atoms. The van der Waals surface area contributed by atoms with Crippen LogP contribution >= 0.6 is 0 Å². The van der Waals surface area contributed by atoms with Crippen LogP contribution in [0.4, 0.5) is 0 Å². The van der Waals surface area contributed by atoms with Gasteiger partial charge in [-0.1, -0.05) is 36.4 Å². The van der Waals surface area contributed by atoms with Crippen LogP contribution in [-0.4, -0.2) is 11.8 Å². The number of hydrogen-bond donors (Lipinski definition) is 1. The molecule has 0 fully saturated rings. The molecule has 0 aliphatic rings. The zero-order valence-corrected chi connectivity index (χ0v) is 8.57. The van der Waals surface area contributed by atoms with Crippen molar-refractivity contribution in [2.24, 2.45) is 0 Å². The van der Waals surface area contributed by atoms with E-state index in [0.29, 0.717) is 0 Å². The van der Waals surface area contributed by atoms with Gasteiger partial charge in [0.1, 0.15) is 0 Å². The molecule has 3 heteroatoms. The van der Waals surface area contributed by atoms with Crippen molar-refractivity contribution in [1.82, 2.24) is 5.32 Å². The fraction of sp³-hybridized carbons (Fsp3) is 0.167. The molecule has 0 heterocycles. The predicted molar refractivity (Wildman–Crippen MR) is 58.2 cm³/mol. The van der Waals surface area contributed by atoms with Crippen molar-refractivity contribution >= 4 is 11.8 Å². The minimum atomic E-state index is -0.477. The average molecular weight is 203 g/mol. The summed E-state index contributed by atoms with van der Waals surface area (Å²) in [6, 6.07) is 9.20. The number of imide groups is 1. The van der Waals surface area contributed by atoms with Crippen LogP contribution in [0.5, 0.6) is 0 Å². The van der Waals surface area contributed by atoms with Gasteiger partial charge in [-0.3, -0.25) is 14.9 Å². The van der Waals surface area contributed by atoms with Gasteiger partial charge in [0, 0.05) is 6.92 Å². The SMILES string of the molecule is C=CC(C(=O)NC(C)=O)c1ccccc1. The predicted octanol–water partition coefficient (Wildman–Crippen LogP) is 1.62. The Morgan fingerprint density at radius 1 is 1.33 bits per heavy atom. The summed E-state index contributed by atoms with van der Waals surface area (Å²) in [7, 11) is 0. The number of hydrogen-bond acceptors (Lipinski definition) is 2. The van der Waals surface area contributed by atoms with E-state index in [0.717, 1.165) is 5.56 Å². The molecule has 0 aliphatic carbocycles. The van der Waals surface area contributed by atoms with E-state index in [1.54, 1.807) is 0 Å². The molecule has 0 radical (unpaired) electrons. The third-order valence-electron chi connectivity index (χ3n) is 1.98. The molecule has 1 atom stereocenters. The number of amides is 2. The highest BCUT2D eigenvalue weighted by Gasteiger charge is 2.17. The van der Waals surface area contributed by atoms with Crippen LogP contribution in [0.15, 0.2) is 43.0 Å². The van der Waals surface area contributed by atoms with Crippen LogP contribution < -0.4 is 5.32 Å². The van der Waals surface area contributed by atoms with Crippen LogP contribution in [0.1, 0.15) is 18.4 Å². The van der Waals surface area contributed by atoms with E-state index in [9.17, 15) is 9.59 Å². The van der Waals surface area contributed by atoms with Crippen molar-refractivity contribution in [3.05, 3.63) is 48.6 Å². The summed E-state index contributed by atoms with van der Waals surface area (Å²) in [5.41, 5.74) is 0.825. The maximum atomic E-state index is 11.6. The summed E-state index contributed by atoms with van der Waals surface area (Å²) in [5, 5.41) is 2.24. The molecule has 0 saturated carbocycles. The fourth-order valence-corrected chi connectivity index (χ4v) is 1.31. The molecule has 0 spiro atoms. The molecule has 0 saturated heterocycles. The Labute approximate surface area is 88.8 Å². The summed E-state index contributed by atoms with van der Waals surface area (Å²) >= 11 is 0. The van der Waals surface area contributed by atoms with Crippen molar-refractivity contribution in [3.63, 3.8) is 0 Å². The highest BCUT2D eigenvalue weighted by atomic mass is 16.2. The summed E-state index contributed by atoms with van der Waals surface area (Å²) < 4.78 is 0. The second-order valence-corrected chi connectivity index (χ2v) is 3.17. The van der Waals surface area contributed by atoms with E-state index in [-0.39, 0.29) is 11.8 Å². The first kappa shape index (κ1) is 11.2. The molecular formula is C12H13NO2. The Hall–Kier alpha value is -1.90. The van der Waals surface area contributed by atoms with Crippen LogP contribution in [0.25, 0.3) is 0 Å². The molecule has 15 heavy (non-hydrogen) atoms. The molecule has 1 rings (SSSR count). The molecule has 1 aromatic rings. The number of carbonyl (C=O) groups is 2. The van der Waals surface area contributed by atoms with Gasteiger partial charge < -0.3 is 0 Å². The van der Waals surface area contributed by atoms with E-state index >= 15 is 0 Å². The zero-order valence-electron chi connectivity index (χ0n) is 8.57. The number of benzene rings is 1. The summed E-state index contributed by atoms with van der Waals surface area (Å²) in [6.07, 6.45) is 1.52. The summed E-state index contributed by atoms with van der Waals surface area (Å²) in [5.74, 6) is -1.18. The van der Waals surface area contributed by atoms with Gasteiger partial charge in [0.15, 0.2) is 0 Å². The number of nitrogens with one attached hydrogen (secondary N) is 1. The van der Waals surface area contributed by atoms with Gasteiger partial charge in [-0.05, 0) is 5.56 Å². The minimum Gasteiger partial charge on any atom is -0.296 e. The highest BCUT2D eigenvalue weighted by molar-refractivity contribution is 5.98. The van der Waals surface area contributed by atoms with Crippen molar-refractivity contribution in [1.29, 1.82) is 0 Å². The van der Waals surface area contributed by atoms with Crippen LogP contribution in [0.3, 0.4) is 0 Å². The molecule has 78 valence electrons. The first-order chi connectivity index (χ1) is 7.15. The lowest BCUT2D eigenvalue weighted by atomic mass is 9.98. The Morgan fingerprint density at radius 2 is 1.93 bits per heavy atom. The van der Waals surface area contributed by atoms with Crippen molar-refractivity contribution in [3.8, 4) is 0 Å². The van der Waals surface area contributed by atoms with Crippen LogP contribution in [0.2, 0.25) is 0 Å². The van der Waals surface area contributed by atoms with Gasteiger partial charge in [-0.25, -0.2) is 0 Å². The fourth-order valence-electron chi connectivity index (χ4n) is 1.31. The lowest BCUT2D eigenvalue weighted by Crippen LogP contribution is -2.32. The Morgan fingerprint density at radius 3 is 2.40 bits per heavy atom. The highest BCUT2D eigenvalue weighted by Crippen LogP contribution is 2.16. The first-order valence-electron chi connectivity index (χ1n) is 4.64. The third-order valence-corrected chi connectivity index (χ3v) is 1.98. The van der Waals surface area contributed by atoms with Gasteiger partial charge in [-0.15, -0.1) is 6.58 Å². The largest absolute Gasteiger partial charge is 0.296 e. The monoisotopic (exact) mass is 203 g/mol. The molecule has 1 N–H and O–H groups in total. The Bertz CT molecular complexity index is 370. The van der Waals surface area contributed by atoms with Crippen molar-refractivity contribution in [2.75, 3.05) is 0 Å². The molecule has 0 aliphatic heterocycles. The lowest BCUT2D eigenvalue weighted by molar-refractivity contribution is -0.129. The smallest absolute Gasteiger partial charge is 0.237 e. The molecule has 2 amide bonds. The van der Waals surface area contributed by atoms with E-state index in [4.69, 9.17) is 0 Å². The topological polar surface area (TPSA) is 46.2 Å². The van der Waals surface area contributed by atoms with Gasteiger partial charge in [-0.2, -0.15) is 0 Å². The number of rotatable bonds is 3. The zero-order chi connectivity index (χ0) is 11.3. The summed E-state index contributed by atoms with van der Waals surface area (Å²) in [4.78, 5) is 22.3. The maximum absolute atomic E-state index is 11.6. The molecule has 1 aromatic carbocycles. The van der Waals surface area contributed by atoms with E-state index < -0.39 is 5.92 Å². The van der Waals surface area contributed by atoms with E-state index in [1.807, 2.05) is 30.3 Å². The van der Waals surface area contributed by atoms with Crippen LogP contribution in [-0.2, 0) is 9.59 Å². The first-order valence-corrected chi connectivity index (χ1v) is 4.64. The van der Waals surface area contributed by atoms with Crippen LogP contribution in [0, 0.1) is 0 Å². The lowest BCUT2D eigenvalue weighted by Gasteiger charge is -2.11. The molecular weight excluding hydrogens is 190 g/mol. The van der Waals surface area contributed by atoms with Crippen molar-refractivity contribution in [2.45, 2.75) is 12.8 Å². The second kappa shape index (κ2) is 5.10. The maximum Gasteiger partial charge on any atom is 0.237 e. The summed E-state index contributed by atoms with van der Waals surface area (Å²) in [6.45, 7) is 4.90.